The zero-order valence-electron chi connectivity index (χ0n) is 12.7. The monoisotopic (exact) mass is 308 g/mol. The lowest BCUT2D eigenvalue weighted by atomic mass is 10.1. The van der Waals surface area contributed by atoms with E-state index in [2.05, 4.69) is 0 Å². The molecule has 120 valence electrons. The van der Waals surface area contributed by atoms with Crippen molar-refractivity contribution in [3.05, 3.63) is 29.3 Å². The molecule has 0 saturated heterocycles. The quantitative estimate of drug-likeness (QED) is 0.264. The first kappa shape index (κ1) is 17.6. The predicted octanol–water partition coefficient (Wildman–Crippen LogP) is 2.39. The van der Waals surface area contributed by atoms with Gasteiger partial charge in [-0.3, -0.25) is 0 Å². The van der Waals surface area contributed by atoms with Crippen LogP contribution in [0.25, 0.3) is 6.08 Å². The van der Waals surface area contributed by atoms with Gasteiger partial charge in [0.2, 0.25) is 0 Å². The third kappa shape index (κ3) is 5.12. The van der Waals surface area contributed by atoms with Crippen LogP contribution < -0.4 is 0 Å². The minimum Gasteiger partial charge on any atom is -0.508 e. The van der Waals surface area contributed by atoms with Crippen molar-refractivity contribution in [2.24, 2.45) is 0 Å². The van der Waals surface area contributed by atoms with E-state index in [0.29, 0.717) is 6.42 Å². The highest BCUT2D eigenvalue weighted by Crippen LogP contribution is 2.25. The SMILES string of the molecule is CCCCOC(=O)C(=Cc1ccc(O)cc1O)C(=O)OCC. The lowest BCUT2D eigenvalue weighted by molar-refractivity contribution is -0.146. The fraction of sp³-hybridized carbons (Fsp3) is 0.375. The standard InChI is InChI=1S/C16H20O6/c1-3-5-8-22-16(20)13(15(19)21-4-2)9-11-6-7-12(17)10-14(11)18/h6-7,9-10,17-18H,3-5,8H2,1-2H3. The fourth-order valence-corrected chi connectivity index (χ4v) is 1.61. The molecule has 0 radical (unpaired) electrons. The number of ether oxygens (including phenoxy) is 2. The van der Waals surface area contributed by atoms with E-state index in [1.54, 1.807) is 6.92 Å². The maximum Gasteiger partial charge on any atom is 0.345 e. The predicted molar refractivity (Wildman–Crippen MR) is 80.2 cm³/mol. The summed E-state index contributed by atoms with van der Waals surface area (Å²) in [5.74, 6) is -2.02. The second-order valence-corrected chi connectivity index (χ2v) is 4.51. The third-order valence-electron chi connectivity index (χ3n) is 2.76. The zero-order valence-corrected chi connectivity index (χ0v) is 12.7. The van der Waals surface area contributed by atoms with Gasteiger partial charge >= 0.3 is 11.9 Å². The molecular weight excluding hydrogens is 288 g/mol. The Labute approximate surface area is 129 Å². The molecular formula is C16H20O6. The summed E-state index contributed by atoms with van der Waals surface area (Å²) < 4.78 is 9.84. The Morgan fingerprint density at radius 1 is 1.14 bits per heavy atom. The van der Waals surface area contributed by atoms with Gasteiger partial charge in [0, 0.05) is 11.6 Å². The second-order valence-electron chi connectivity index (χ2n) is 4.51. The number of benzene rings is 1. The van der Waals surface area contributed by atoms with E-state index in [9.17, 15) is 19.8 Å². The molecule has 0 aliphatic heterocycles. The van der Waals surface area contributed by atoms with Crippen LogP contribution in [-0.4, -0.2) is 35.4 Å². The molecule has 22 heavy (non-hydrogen) atoms. The van der Waals surface area contributed by atoms with Crippen LogP contribution in [0.5, 0.6) is 11.5 Å². The van der Waals surface area contributed by atoms with Gasteiger partial charge in [-0.2, -0.15) is 0 Å². The lowest BCUT2D eigenvalue weighted by Gasteiger charge is -2.08. The van der Waals surface area contributed by atoms with Gasteiger partial charge in [-0.15, -0.1) is 0 Å². The van der Waals surface area contributed by atoms with Crippen molar-refractivity contribution < 1.29 is 29.3 Å². The molecule has 0 amide bonds. The van der Waals surface area contributed by atoms with Crippen LogP contribution in [0, 0.1) is 0 Å². The smallest absolute Gasteiger partial charge is 0.345 e. The minimum atomic E-state index is -0.823. The van der Waals surface area contributed by atoms with Gasteiger partial charge in [-0.25, -0.2) is 9.59 Å². The first-order valence-electron chi connectivity index (χ1n) is 7.07. The van der Waals surface area contributed by atoms with Gasteiger partial charge < -0.3 is 19.7 Å². The summed E-state index contributed by atoms with van der Waals surface area (Å²) in [6.45, 7) is 3.88. The summed E-state index contributed by atoms with van der Waals surface area (Å²) in [7, 11) is 0. The highest BCUT2D eigenvalue weighted by Gasteiger charge is 2.21. The highest BCUT2D eigenvalue weighted by molar-refractivity contribution is 6.17. The van der Waals surface area contributed by atoms with Crippen molar-refractivity contribution in [3.63, 3.8) is 0 Å². The molecule has 1 aromatic rings. The van der Waals surface area contributed by atoms with Crippen LogP contribution in [0.1, 0.15) is 32.3 Å². The molecule has 0 heterocycles. The summed E-state index contributed by atoms with van der Waals surface area (Å²) in [5.41, 5.74) is -0.104. The van der Waals surface area contributed by atoms with E-state index in [1.165, 1.54) is 18.2 Å². The molecule has 0 bridgehead atoms. The van der Waals surface area contributed by atoms with Crippen LogP contribution >= 0.6 is 0 Å². The van der Waals surface area contributed by atoms with Crippen LogP contribution in [0.15, 0.2) is 23.8 Å². The van der Waals surface area contributed by atoms with Gasteiger partial charge in [0.1, 0.15) is 17.1 Å². The third-order valence-corrected chi connectivity index (χ3v) is 2.76. The molecule has 0 fully saturated rings. The lowest BCUT2D eigenvalue weighted by Crippen LogP contribution is -2.18. The Bertz CT molecular complexity index is 562. The summed E-state index contributed by atoms with van der Waals surface area (Å²) in [5, 5.41) is 19.0. The number of rotatable bonds is 7. The molecule has 0 unspecified atom stereocenters. The van der Waals surface area contributed by atoms with Crippen LogP contribution in [0.4, 0.5) is 0 Å². The number of aromatic hydroxyl groups is 2. The van der Waals surface area contributed by atoms with Gasteiger partial charge in [-0.05, 0) is 31.6 Å². The van der Waals surface area contributed by atoms with Crippen molar-refractivity contribution in [3.8, 4) is 11.5 Å². The average Bonchev–Trinajstić information content (AvgIpc) is 2.46. The number of carbonyl (C=O) groups excluding carboxylic acids is 2. The summed E-state index contributed by atoms with van der Waals surface area (Å²) in [4.78, 5) is 23.9. The van der Waals surface area contributed by atoms with Crippen LogP contribution in [0.2, 0.25) is 0 Å². The van der Waals surface area contributed by atoms with Crippen molar-refractivity contribution >= 4 is 18.0 Å². The Balaban J connectivity index is 3.05. The Hall–Kier alpha value is -2.50. The number of esters is 2. The molecule has 0 atom stereocenters. The van der Waals surface area contributed by atoms with E-state index in [0.717, 1.165) is 12.5 Å². The molecule has 1 rings (SSSR count). The molecule has 0 aliphatic carbocycles. The largest absolute Gasteiger partial charge is 0.508 e. The molecule has 2 N–H and O–H groups in total. The Morgan fingerprint density at radius 3 is 2.41 bits per heavy atom. The van der Waals surface area contributed by atoms with Gasteiger partial charge in [0.15, 0.2) is 0 Å². The van der Waals surface area contributed by atoms with E-state index in [4.69, 9.17) is 9.47 Å². The fourth-order valence-electron chi connectivity index (χ4n) is 1.61. The Morgan fingerprint density at radius 2 is 1.82 bits per heavy atom. The number of hydrogen-bond donors (Lipinski definition) is 2. The number of unbranched alkanes of at least 4 members (excludes halogenated alkanes) is 1. The average molecular weight is 308 g/mol. The Kier molecular flexibility index (Phi) is 6.95. The van der Waals surface area contributed by atoms with E-state index < -0.39 is 11.9 Å². The van der Waals surface area contributed by atoms with Gasteiger partial charge in [0.25, 0.3) is 0 Å². The number of hydrogen-bond acceptors (Lipinski definition) is 6. The molecule has 6 nitrogen and oxygen atoms in total. The molecule has 1 aromatic carbocycles. The van der Waals surface area contributed by atoms with Crippen molar-refractivity contribution in [1.29, 1.82) is 0 Å². The summed E-state index contributed by atoms with van der Waals surface area (Å²) >= 11 is 0. The first-order chi connectivity index (χ1) is 10.5. The van der Waals surface area contributed by atoms with Crippen molar-refractivity contribution in [2.75, 3.05) is 13.2 Å². The molecule has 0 aliphatic rings. The minimum absolute atomic E-state index is 0.111. The topological polar surface area (TPSA) is 93.1 Å². The maximum absolute atomic E-state index is 12.0. The van der Waals surface area contributed by atoms with E-state index in [-0.39, 0.29) is 35.8 Å². The second kappa shape index (κ2) is 8.71. The number of phenols is 2. The van der Waals surface area contributed by atoms with Crippen LogP contribution in [-0.2, 0) is 19.1 Å². The first-order valence-corrected chi connectivity index (χ1v) is 7.07. The highest BCUT2D eigenvalue weighted by atomic mass is 16.6. The molecule has 0 aromatic heterocycles. The molecule has 0 spiro atoms. The summed E-state index contributed by atoms with van der Waals surface area (Å²) in [6.07, 6.45) is 2.72. The van der Waals surface area contributed by atoms with Gasteiger partial charge in [-0.1, -0.05) is 13.3 Å². The van der Waals surface area contributed by atoms with E-state index >= 15 is 0 Å². The van der Waals surface area contributed by atoms with E-state index in [1.807, 2.05) is 6.92 Å². The van der Waals surface area contributed by atoms with Crippen molar-refractivity contribution in [1.82, 2.24) is 0 Å². The molecule has 6 heteroatoms. The molecule has 0 saturated carbocycles. The van der Waals surface area contributed by atoms with Gasteiger partial charge in [0.05, 0.1) is 13.2 Å². The van der Waals surface area contributed by atoms with Crippen molar-refractivity contribution in [2.45, 2.75) is 26.7 Å². The summed E-state index contributed by atoms with van der Waals surface area (Å²) in [6, 6.07) is 3.82. The number of phenolic OH excluding ortho intramolecular Hbond substituents is 2. The van der Waals surface area contributed by atoms with Crippen LogP contribution in [0.3, 0.4) is 0 Å². The maximum atomic E-state index is 12.0. The number of carbonyl (C=O) groups is 2. The zero-order chi connectivity index (χ0) is 16.5. The normalized spacial score (nSPS) is 11.1.